The van der Waals surface area contributed by atoms with Crippen LogP contribution in [0.3, 0.4) is 0 Å². The number of piperazine rings is 1. The van der Waals surface area contributed by atoms with Gasteiger partial charge in [-0.25, -0.2) is 9.37 Å². The van der Waals surface area contributed by atoms with Crippen molar-refractivity contribution in [3.8, 4) is 0 Å². The SMILES string of the molecule is Cc1cn2cc(NC(=O)c3ccc(N4C[C@@H](C)N(C5CC5)[C@@H](C)C4)c4nccnc34)cc(F)c2n1. The van der Waals surface area contributed by atoms with Crippen molar-refractivity contribution >= 4 is 34.0 Å². The van der Waals surface area contributed by atoms with Crippen LogP contribution >= 0.6 is 0 Å². The van der Waals surface area contributed by atoms with Gasteiger partial charge in [0, 0.05) is 62.1 Å². The largest absolute Gasteiger partial charge is 0.367 e. The lowest BCUT2D eigenvalue weighted by molar-refractivity contribution is 0.102. The van der Waals surface area contributed by atoms with E-state index >= 15 is 0 Å². The molecular formula is C26H28FN7O. The number of aryl methyl sites for hydroxylation is 1. The number of carbonyl (C=O) groups excluding carboxylic acids is 1. The number of rotatable bonds is 4. The van der Waals surface area contributed by atoms with E-state index in [-0.39, 0.29) is 11.6 Å². The maximum absolute atomic E-state index is 14.5. The molecule has 4 heterocycles. The van der Waals surface area contributed by atoms with Gasteiger partial charge in [-0.3, -0.25) is 19.7 Å². The molecule has 0 bridgehead atoms. The third-order valence-electron chi connectivity index (χ3n) is 7.03. The predicted molar refractivity (Wildman–Crippen MR) is 133 cm³/mol. The highest BCUT2D eigenvalue weighted by atomic mass is 19.1. The Morgan fingerprint density at radius 1 is 1.06 bits per heavy atom. The van der Waals surface area contributed by atoms with Gasteiger partial charge in [0.1, 0.15) is 11.0 Å². The van der Waals surface area contributed by atoms with Gasteiger partial charge in [0.05, 0.1) is 22.6 Å². The molecule has 0 radical (unpaired) electrons. The van der Waals surface area contributed by atoms with E-state index in [9.17, 15) is 9.18 Å². The van der Waals surface area contributed by atoms with Gasteiger partial charge in [0.25, 0.3) is 5.91 Å². The Balaban J connectivity index is 1.31. The fraction of sp³-hybridized carbons (Fsp3) is 0.385. The molecule has 3 aromatic heterocycles. The summed E-state index contributed by atoms with van der Waals surface area (Å²) < 4.78 is 16.1. The number of nitrogens with zero attached hydrogens (tertiary/aromatic N) is 6. The summed E-state index contributed by atoms with van der Waals surface area (Å²) in [6.07, 6.45) is 9.22. The molecule has 180 valence electrons. The van der Waals surface area contributed by atoms with Crippen molar-refractivity contribution in [1.29, 1.82) is 0 Å². The Labute approximate surface area is 202 Å². The lowest BCUT2D eigenvalue weighted by Crippen LogP contribution is -2.57. The number of hydrogen-bond acceptors (Lipinski definition) is 6. The average Bonchev–Trinajstić information content (AvgIpc) is 3.58. The number of anilines is 2. The molecule has 1 saturated carbocycles. The highest BCUT2D eigenvalue weighted by Gasteiger charge is 2.39. The van der Waals surface area contributed by atoms with Gasteiger partial charge in [0.2, 0.25) is 0 Å². The van der Waals surface area contributed by atoms with Gasteiger partial charge >= 0.3 is 0 Å². The van der Waals surface area contributed by atoms with Crippen LogP contribution in [0.5, 0.6) is 0 Å². The maximum Gasteiger partial charge on any atom is 0.257 e. The second-order valence-electron chi connectivity index (χ2n) is 9.81. The van der Waals surface area contributed by atoms with Crippen molar-refractivity contribution in [3.05, 3.63) is 60.1 Å². The van der Waals surface area contributed by atoms with Crippen LogP contribution in [0.25, 0.3) is 16.7 Å². The molecule has 35 heavy (non-hydrogen) atoms. The lowest BCUT2D eigenvalue weighted by Gasteiger charge is -2.45. The van der Waals surface area contributed by atoms with E-state index in [1.807, 2.05) is 6.07 Å². The van der Waals surface area contributed by atoms with Crippen molar-refractivity contribution < 1.29 is 9.18 Å². The van der Waals surface area contributed by atoms with Crippen LogP contribution in [-0.2, 0) is 0 Å². The maximum atomic E-state index is 14.5. The number of amides is 1. The summed E-state index contributed by atoms with van der Waals surface area (Å²) in [6, 6.07) is 6.64. The number of nitrogens with one attached hydrogen (secondary N) is 1. The first-order valence-corrected chi connectivity index (χ1v) is 12.1. The molecule has 1 N–H and O–H groups in total. The van der Waals surface area contributed by atoms with Crippen molar-refractivity contribution in [2.75, 3.05) is 23.3 Å². The first-order valence-electron chi connectivity index (χ1n) is 12.1. The summed E-state index contributed by atoms with van der Waals surface area (Å²) in [7, 11) is 0. The minimum atomic E-state index is -0.496. The van der Waals surface area contributed by atoms with Crippen molar-refractivity contribution in [1.82, 2.24) is 24.3 Å². The van der Waals surface area contributed by atoms with Gasteiger partial charge in [-0.05, 0) is 45.7 Å². The quantitative estimate of drug-likeness (QED) is 0.482. The Morgan fingerprint density at radius 3 is 2.49 bits per heavy atom. The molecule has 2 fully saturated rings. The summed E-state index contributed by atoms with van der Waals surface area (Å²) >= 11 is 0. The number of pyridine rings is 1. The molecule has 1 aliphatic carbocycles. The summed E-state index contributed by atoms with van der Waals surface area (Å²) in [5.41, 5.74) is 3.89. The smallest absolute Gasteiger partial charge is 0.257 e. The van der Waals surface area contributed by atoms with E-state index in [1.54, 1.807) is 42.2 Å². The number of imidazole rings is 1. The number of carbonyl (C=O) groups is 1. The van der Waals surface area contributed by atoms with E-state index in [4.69, 9.17) is 0 Å². The lowest BCUT2D eigenvalue weighted by atomic mass is 10.0. The number of benzene rings is 1. The summed E-state index contributed by atoms with van der Waals surface area (Å²) in [5, 5.41) is 2.82. The number of halogens is 1. The van der Waals surface area contributed by atoms with Crippen LogP contribution in [0, 0.1) is 12.7 Å². The van der Waals surface area contributed by atoms with Gasteiger partial charge in [-0.1, -0.05) is 0 Å². The Bertz CT molecular complexity index is 1430. The predicted octanol–water partition coefficient (Wildman–Crippen LogP) is 4.04. The first kappa shape index (κ1) is 21.9. The van der Waals surface area contributed by atoms with E-state index < -0.39 is 5.82 Å². The van der Waals surface area contributed by atoms with E-state index in [1.165, 1.54) is 18.9 Å². The molecule has 6 rings (SSSR count). The molecule has 1 aromatic carbocycles. The Kier molecular flexibility index (Phi) is 5.17. The molecular weight excluding hydrogens is 445 g/mol. The zero-order chi connectivity index (χ0) is 24.3. The van der Waals surface area contributed by atoms with Crippen LogP contribution < -0.4 is 10.2 Å². The topological polar surface area (TPSA) is 78.7 Å². The normalized spacial score (nSPS) is 21.1. The van der Waals surface area contributed by atoms with Crippen LogP contribution in [0.4, 0.5) is 15.8 Å². The number of aromatic nitrogens is 4. The second kappa shape index (κ2) is 8.27. The molecule has 2 atom stereocenters. The monoisotopic (exact) mass is 473 g/mol. The van der Waals surface area contributed by atoms with Crippen molar-refractivity contribution in [3.63, 3.8) is 0 Å². The second-order valence-corrected chi connectivity index (χ2v) is 9.81. The highest BCUT2D eigenvalue weighted by Crippen LogP contribution is 2.35. The standard InChI is InChI=1S/C26H28FN7O/c1-15-11-33-14-18(10-21(27)25(33)30-15)31-26(35)20-6-7-22(24-23(20)28-8-9-29-24)32-12-16(2)34(17(3)13-32)19-4-5-19/h6-11,14,16-17,19H,4-5,12-13H2,1-3H3,(H,31,35)/t16-,17+. The summed E-state index contributed by atoms with van der Waals surface area (Å²) in [5.74, 6) is -0.859. The zero-order valence-corrected chi connectivity index (χ0v) is 20.1. The van der Waals surface area contributed by atoms with Gasteiger partial charge < -0.3 is 14.6 Å². The zero-order valence-electron chi connectivity index (χ0n) is 20.1. The molecule has 1 saturated heterocycles. The molecule has 9 heteroatoms. The van der Waals surface area contributed by atoms with Crippen LogP contribution in [0.1, 0.15) is 42.7 Å². The van der Waals surface area contributed by atoms with Crippen LogP contribution in [0.2, 0.25) is 0 Å². The van der Waals surface area contributed by atoms with Crippen molar-refractivity contribution in [2.24, 2.45) is 0 Å². The summed E-state index contributed by atoms with van der Waals surface area (Å²) in [6.45, 7) is 8.18. The minimum absolute atomic E-state index is 0.228. The third-order valence-corrected chi connectivity index (χ3v) is 7.03. The molecule has 8 nitrogen and oxygen atoms in total. The molecule has 4 aromatic rings. The van der Waals surface area contributed by atoms with Gasteiger partial charge in [-0.2, -0.15) is 0 Å². The molecule has 1 amide bonds. The van der Waals surface area contributed by atoms with Crippen LogP contribution in [0.15, 0.2) is 43.0 Å². The Morgan fingerprint density at radius 2 is 1.77 bits per heavy atom. The van der Waals surface area contributed by atoms with Crippen molar-refractivity contribution in [2.45, 2.75) is 51.7 Å². The fourth-order valence-electron chi connectivity index (χ4n) is 5.55. The average molecular weight is 474 g/mol. The van der Waals surface area contributed by atoms with E-state index in [2.05, 4.69) is 43.9 Å². The summed E-state index contributed by atoms with van der Waals surface area (Å²) in [4.78, 5) is 31.5. The van der Waals surface area contributed by atoms with Gasteiger partial charge in [-0.15, -0.1) is 0 Å². The fourth-order valence-corrected chi connectivity index (χ4v) is 5.55. The number of fused-ring (bicyclic) bond motifs is 2. The first-order chi connectivity index (χ1) is 16.9. The molecule has 0 spiro atoms. The van der Waals surface area contributed by atoms with E-state index in [0.29, 0.717) is 40.1 Å². The minimum Gasteiger partial charge on any atom is -0.367 e. The van der Waals surface area contributed by atoms with Crippen LogP contribution in [-0.4, -0.2) is 61.4 Å². The highest BCUT2D eigenvalue weighted by molar-refractivity contribution is 6.13. The molecule has 2 aliphatic rings. The molecule has 0 unspecified atom stereocenters. The van der Waals surface area contributed by atoms with Gasteiger partial charge in [0.15, 0.2) is 11.5 Å². The van der Waals surface area contributed by atoms with E-state index in [0.717, 1.165) is 24.8 Å². The Hall–Kier alpha value is -3.59. The third kappa shape index (κ3) is 3.89. The number of hydrogen-bond donors (Lipinski definition) is 1. The molecule has 1 aliphatic heterocycles.